The summed E-state index contributed by atoms with van der Waals surface area (Å²) < 4.78 is 34.4. The Morgan fingerprint density at radius 2 is 1.88 bits per heavy atom. The molecule has 0 saturated heterocycles. The number of aromatic nitrogens is 2. The Labute approximate surface area is 160 Å². The average molecular weight is 436 g/mol. The summed E-state index contributed by atoms with van der Waals surface area (Å²) in [6, 6.07) is 10.4. The van der Waals surface area contributed by atoms with Crippen LogP contribution < -0.4 is 4.72 Å². The molecule has 0 fully saturated rings. The number of nitrogens with zero attached hydrogens (tertiary/aromatic N) is 2. The van der Waals surface area contributed by atoms with E-state index in [-0.39, 0.29) is 4.90 Å². The fraction of sp³-hybridized carbons (Fsp3) is 0.222. The van der Waals surface area contributed by atoms with E-state index in [0.717, 1.165) is 10.0 Å². The first kappa shape index (κ1) is 18.6. The maximum atomic E-state index is 12.9. The van der Waals surface area contributed by atoms with Crippen molar-refractivity contribution in [2.45, 2.75) is 32.1 Å². The average Bonchev–Trinajstić information content (AvgIpc) is 3.07. The zero-order valence-electron chi connectivity index (χ0n) is 14.6. The highest BCUT2D eigenvalue weighted by atomic mass is 79.9. The van der Waals surface area contributed by atoms with Gasteiger partial charge in [-0.1, -0.05) is 40.1 Å². The Morgan fingerprint density at radius 3 is 2.54 bits per heavy atom. The van der Waals surface area contributed by atoms with Gasteiger partial charge in [-0.2, -0.15) is 4.98 Å². The molecule has 0 aliphatic rings. The van der Waals surface area contributed by atoms with Gasteiger partial charge in [-0.15, -0.1) is 0 Å². The van der Waals surface area contributed by atoms with Crippen LogP contribution in [0.3, 0.4) is 0 Å². The summed E-state index contributed by atoms with van der Waals surface area (Å²) in [6.45, 7) is 5.56. The number of benzene rings is 2. The molecule has 1 aromatic heterocycles. The van der Waals surface area contributed by atoms with Gasteiger partial charge in [0.2, 0.25) is 11.7 Å². The van der Waals surface area contributed by atoms with E-state index >= 15 is 0 Å². The van der Waals surface area contributed by atoms with Gasteiger partial charge < -0.3 is 4.52 Å². The van der Waals surface area contributed by atoms with Gasteiger partial charge in [0.05, 0.1) is 4.90 Å². The molecule has 0 bridgehead atoms. The summed E-state index contributed by atoms with van der Waals surface area (Å²) in [5.41, 5.74) is 2.67. The number of anilines is 1. The number of rotatable bonds is 5. The van der Waals surface area contributed by atoms with Crippen LogP contribution in [0.5, 0.6) is 0 Å². The van der Waals surface area contributed by atoms with Crippen molar-refractivity contribution in [1.29, 1.82) is 0 Å². The Bertz CT molecular complexity index is 1060. The van der Waals surface area contributed by atoms with E-state index in [0.29, 0.717) is 35.0 Å². The summed E-state index contributed by atoms with van der Waals surface area (Å²) in [7, 11) is -3.75. The van der Waals surface area contributed by atoms with Gasteiger partial charge >= 0.3 is 0 Å². The summed E-state index contributed by atoms with van der Waals surface area (Å²) in [5, 5.41) is 3.91. The molecule has 2 aromatic carbocycles. The molecule has 8 heteroatoms. The molecule has 0 aliphatic carbocycles. The van der Waals surface area contributed by atoms with Gasteiger partial charge in [0.1, 0.15) is 0 Å². The van der Waals surface area contributed by atoms with Gasteiger partial charge in [0.15, 0.2) is 0 Å². The molecule has 6 nitrogen and oxygen atoms in total. The third-order valence-electron chi connectivity index (χ3n) is 3.92. The molecule has 0 spiro atoms. The van der Waals surface area contributed by atoms with Crippen LogP contribution >= 0.6 is 15.9 Å². The molecule has 1 heterocycles. The molecule has 0 unspecified atom stereocenters. The van der Waals surface area contributed by atoms with Crippen molar-refractivity contribution in [3.8, 4) is 11.4 Å². The lowest BCUT2D eigenvalue weighted by atomic mass is 10.1. The fourth-order valence-electron chi connectivity index (χ4n) is 2.46. The Hall–Kier alpha value is -2.19. The van der Waals surface area contributed by atoms with Crippen LogP contribution in [0.1, 0.15) is 23.9 Å². The number of hydrogen-bond acceptors (Lipinski definition) is 5. The van der Waals surface area contributed by atoms with E-state index in [2.05, 4.69) is 30.8 Å². The summed E-state index contributed by atoms with van der Waals surface area (Å²) in [5.74, 6) is 0.881. The van der Waals surface area contributed by atoms with E-state index in [4.69, 9.17) is 4.52 Å². The van der Waals surface area contributed by atoms with Gasteiger partial charge in [-0.25, -0.2) is 8.42 Å². The van der Waals surface area contributed by atoms with Crippen LogP contribution in [0.2, 0.25) is 0 Å². The van der Waals surface area contributed by atoms with Crippen LogP contribution in [0.25, 0.3) is 11.4 Å². The van der Waals surface area contributed by atoms with Gasteiger partial charge in [-0.05, 0) is 49.2 Å². The third kappa shape index (κ3) is 3.81. The smallest absolute Gasteiger partial charge is 0.262 e. The first-order valence-electron chi connectivity index (χ1n) is 8.02. The molecule has 0 saturated carbocycles. The van der Waals surface area contributed by atoms with E-state index in [1.807, 2.05) is 19.9 Å². The zero-order valence-corrected chi connectivity index (χ0v) is 17.0. The van der Waals surface area contributed by atoms with Gasteiger partial charge in [0, 0.05) is 22.1 Å². The molecule has 0 radical (unpaired) electrons. The van der Waals surface area contributed by atoms with Crippen molar-refractivity contribution in [2.75, 3.05) is 4.72 Å². The molecule has 3 aromatic rings. The summed E-state index contributed by atoms with van der Waals surface area (Å²) in [4.78, 5) is 4.44. The number of aryl methyl sites for hydroxylation is 3. The Morgan fingerprint density at radius 1 is 1.12 bits per heavy atom. The third-order valence-corrected chi connectivity index (χ3v) is 6.33. The Balaban J connectivity index is 1.98. The quantitative estimate of drug-likeness (QED) is 0.638. The summed E-state index contributed by atoms with van der Waals surface area (Å²) in [6.07, 6.45) is 0.620. The Kier molecular flexibility index (Phi) is 5.15. The van der Waals surface area contributed by atoms with Gasteiger partial charge in [-0.3, -0.25) is 4.72 Å². The lowest BCUT2D eigenvalue weighted by Crippen LogP contribution is -2.14. The minimum absolute atomic E-state index is 0.179. The van der Waals surface area contributed by atoms with Crippen molar-refractivity contribution < 1.29 is 12.9 Å². The van der Waals surface area contributed by atoms with Crippen LogP contribution in [0.15, 0.2) is 50.3 Å². The molecule has 1 N–H and O–H groups in total. The predicted molar refractivity (Wildman–Crippen MR) is 104 cm³/mol. The van der Waals surface area contributed by atoms with Crippen LogP contribution in [-0.2, 0) is 16.4 Å². The minimum atomic E-state index is -3.75. The minimum Gasteiger partial charge on any atom is -0.339 e. The highest BCUT2D eigenvalue weighted by molar-refractivity contribution is 9.10. The molecular weight excluding hydrogens is 418 g/mol. The molecule has 0 atom stereocenters. The van der Waals surface area contributed by atoms with Crippen molar-refractivity contribution in [2.24, 2.45) is 0 Å². The van der Waals surface area contributed by atoms with Crippen molar-refractivity contribution in [3.05, 3.63) is 57.9 Å². The number of hydrogen-bond donors (Lipinski definition) is 1. The molecule has 3 rings (SSSR count). The SMILES string of the molecule is CCc1nc(-c2ccc(C)c(S(=O)(=O)Nc3ccc(Br)c(C)c3)c2)no1. The zero-order chi connectivity index (χ0) is 18.9. The maximum Gasteiger partial charge on any atom is 0.262 e. The maximum absolute atomic E-state index is 12.9. The second-order valence-corrected chi connectivity index (χ2v) is 8.42. The summed E-state index contributed by atoms with van der Waals surface area (Å²) >= 11 is 3.41. The monoisotopic (exact) mass is 435 g/mol. The number of nitrogens with one attached hydrogen (secondary N) is 1. The standard InChI is InChI=1S/C18H18BrN3O3S/c1-4-17-20-18(21-25-17)13-6-5-11(2)16(10-13)26(23,24)22-14-7-8-15(19)12(3)9-14/h5-10,22H,4H2,1-3H3. The lowest BCUT2D eigenvalue weighted by molar-refractivity contribution is 0.383. The molecule has 26 heavy (non-hydrogen) atoms. The molecular formula is C18H18BrN3O3S. The lowest BCUT2D eigenvalue weighted by Gasteiger charge is -2.12. The topological polar surface area (TPSA) is 85.1 Å². The van der Waals surface area contributed by atoms with E-state index in [9.17, 15) is 8.42 Å². The highest BCUT2D eigenvalue weighted by Gasteiger charge is 2.19. The highest BCUT2D eigenvalue weighted by Crippen LogP contribution is 2.26. The molecule has 0 amide bonds. The second-order valence-electron chi connectivity index (χ2n) is 5.92. The van der Waals surface area contributed by atoms with E-state index in [1.165, 1.54) is 0 Å². The second kappa shape index (κ2) is 7.20. The number of halogens is 1. The largest absolute Gasteiger partial charge is 0.339 e. The van der Waals surface area contributed by atoms with Crippen LogP contribution in [0.4, 0.5) is 5.69 Å². The van der Waals surface area contributed by atoms with Crippen LogP contribution in [0, 0.1) is 13.8 Å². The molecule has 136 valence electrons. The normalized spacial score (nSPS) is 11.5. The van der Waals surface area contributed by atoms with Crippen molar-refractivity contribution >= 4 is 31.6 Å². The van der Waals surface area contributed by atoms with Crippen molar-refractivity contribution in [3.63, 3.8) is 0 Å². The van der Waals surface area contributed by atoms with Gasteiger partial charge in [0.25, 0.3) is 10.0 Å². The van der Waals surface area contributed by atoms with E-state index < -0.39 is 10.0 Å². The molecule has 0 aliphatic heterocycles. The fourth-order valence-corrected chi connectivity index (χ4v) is 4.03. The number of sulfonamides is 1. The first-order chi connectivity index (χ1) is 12.3. The van der Waals surface area contributed by atoms with E-state index in [1.54, 1.807) is 37.3 Å². The predicted octanol–water partition coefficient (Wildman–Crippen LogP) is 4.48. The van der Waals surface area contributed by atoms with Crippen LogP contribution in [-0.4, -0.2) is 18.6 Å². The van der Waals surface area contributed by atoms with Crippen molar-refractivity contribution in [1.82, 2.24) is 10.1 Å². The first-order valence-corrected chi connectivity index (χ1v) is 10.3.